The Morgan fingerprint density at radius 3 is 2.14 bits per heavy atom. The van der Waals surface area contributed by atoms with Crippen LogP contribution in [0.25, 0.3) is 0 Å². The largest absolute Gasteiger partial charge is 0.550 e. The van der Waals surface area contributed by atoms with Crippen molar-refractivity contribution >= 4 is 23.5 Å². The molecule has 0 spiro atoms. The number of carboxylic acid groups (broad SMARTS) is 2. The number of amides is 1. The number of allylic oxidation sites excluding steroid dienone is 2. The Kier molecular flexibility index (Phi) is 4.93. The van der Waals surface area contributed by atoms with E-state index in [0.717, 1.165) is 0 Å². The molecule has 1 amide bonds. The van der Waals surface area contributed by atoms with Crippen molar-refractivity contribution in [2.75, 3.05) is 5.32 Å². The van der Waals surface area contributed by atoms with Gasteiger partial charge in [0.05, 0.1) is 5.92 Å². The predicted molar refractivity (Wildman–Crippen MR) is 74.1 cm³/mol. The molecular weight excluding hydrogens is 286 g/mol. The lowest BCUT2D eigenvalue weighted by atomic mass is 9.82. The van der Waals surface area contributed by atoms with Crippen molar-refractivity contribution in [2.45, 2.75) is 19.3 Å². The second-order valence-corrected chi connectivity index (χ2v) is 5.21. The van der Waals surface area contributed by atoms with E-state index >= 15 is 0 Å². The Morgan fingerprint density at radius 2 is 1.59 bits per heavy atom. The maximum Gasteiger partial charge on any atom is 0.228 e. The summed E-state index contributed by atoms with van der Waals surface area (Å²) in [7, 11) is 0. The first-order valence-corrected chi connectivity index (χ1v) is 6.93. The van der Waals surface area contributed by atoms with Crippen LogP contribution < -0.4 is 15.5 Å². The fraction of sp³-hybridized carbons (Fsp3) is 0.312. The van der Waals surface area contributed by atoms with Crippen LogP contribution in [0.15, 0.2) is 36.4 Å². The summed E-state index contributed by atoms with van der Waals surface area (Å²) in [6.07, 6.45) is 3.96. The Bertz CT molecular complexity index is 605. The van der Waals surface area contributed by atoms with Gasteiger partial charge in [-0.05, 0) is 30.5 Å². The average molecular weight is 301 g/mol. The number of benzene rings is 1. The van der Waals surface area contributed by atoms with Gasteiger partial charge in [-0.15, -0.1) is 0 Å². The molecule has 0 aromatic heterocycles. The van der Waals surface area contributed by atoms with Crippen LogP contribution in [0.1, 0.15) is 18.4 Å². The SMILES string of the molecule is O=C([O-])Cc1ccc(NC(=O)[C@H]2CC=CC[C@H]2C(=O)[O-])cc1. The molecule has 1 aromatic carbocycles. The number of nitrogens with one attached hydrogen (secondary N) is 1. The molecule has 22 heavy (non-hydrogen) atoms. The summed E-state index contributed by atoms with van der Waals surface area (Å²) in [6, 6.07) is 6.29. The zero-order chi connectivity index (χ0) is 16.1. The van der Waals surface area contributed by atoms with Gasteiger partial charge < -0.3 is 25.1 Å². The maximum absolute atomic E-state index is 12.2. The van der Waals surface area contributed by atoms with Gasteiger partial charge in [0.25, 0.3) is 0 Å². The minimum Gasteiger partial charge on any atom is -0.550 e. The molecular formula is C16H15NO5-2. The second-order valence-electron chi connectivity index (χ2n) is 5.21. The van der Waals surface area contributed by atoms with Gasteiger partial charge in [-0.2, -0.15) is 0 Å². The van der Waals surface area contributed by atoms with E-state index in [0.29, 0.717) is 17.7 Å². The van der Waals surface area contributed by atoms with Crippen molar-refractivity contribution in [3.05, 3.63) is 42.0 Å². The molecule has 0 saturated carbocycles. The van der Waals surface area contributed by atoms with Gasteiger partial charge in [0, 0.05) is 30.0 Å². The van der Waals surface area contributed by atoms with Crippen LogP contribution in [0.3, 0.4) is 0 Å². The van der Waals surface area contributed by atoms with Crippen molar-refractivity contribution in [1.29, 1.82) is 0 Å². The standard InChI is InChI=1S/C16H17NO5/c18-14(19)9-10-5-7-11(8-6-10)17-15(20)12-3-1-2-4-13(12)16(21)22/h1-2,5-8,12-13H,3-4,9H2,(H,17,20)(H,18,19)(H,21,22)/p-2/t12-,13+/m0/s1. The molecule has 0 aliphatic heterocycles. The zero-order valence-electron chi connectivity index (χ0n) is 11.8. The molecule has 6 nitrogen and oxygen atoms in total. The molecule has 0 bridgehead atoms. The van der Waals surface area contributed by atoms with Crippen molar-refractivity contribution < 1.29 is 24.6 Å². The number of hydrogen-bond acceptors (Lipinski definition) is 5. The molecule has 2 rings (SSSR count). The molecule has 116 valence electrons. The van der Waals surface area contributed by atoms with Gasteiger partial charge in [-0.3, -0.25) is 4.79 Å². The highest BCUT2D eigenvalue weighted by atomic mass is 16.4. The van der Waals surface area contributed by atoms with E-state index < -0.39 is 23.8 Å². The molecule has 1 aromatic rings. The van der Waals surface area contributed by atoms with Gasteiger partial charge >= 0.3 is 0 Å². The third-order valence-corrected chi connectivity index (χ3v) is 3.64. The average Bonchev–Trinajstić information content (AvgIpc) is 2.48. The van der Waals surface area contributed by atoms with E-state index in [1.165, 1.54) is 0 Å². The number of carbonyl (C=O) groups excluding carboxylic acids is 3. The molecule has 0 saturated heterocycles. The number of aliphatic carboxylic acids is 2. The van der Waals surface area contributed by atoms with E-state index in [9.17, 15) is 24.6 Å². The minimum atomic E-state index is -1.23. The summed E-state index contributed by atoms with van der Waals surface area (Å²) in [4.78, 5) is 33.8. The van der Waals surface area contributed by atoms with Crippen molar-refractivity contribution in [3.63, 3.8) is 0 Å². The number of carbonyl (C=O) groups is 3. The Hall–Kier alpha value is -2.63. The molecule has 0 radical (unpaired) electrons. The first-order chi connectivity index (χ1) is 10.5. The molecule has 0 fully saturated rings. The van der Waals surface area contributed by atoms with Gasteiger partial charge in [0.1, 0.15) is 0 Å². The molecule has 1 aliphatic carbocycles. The van der Waals surface area contributed by atoms with Crippen LogP contribution in [-0.4, -0.2) is 17.8 Å². The summed E-state index contributed by atoms with van der Waals surface area (Å²) < 4.78 is 0. The number of anilines is 1. The summed E-state index contributed by atoms with van der Waals surface area (Å²) in [6.45, 7) is 0. The topological polar surface area (TPSA) is 109 Å². The van der Waals surface area contributed by atoms with E-state index in [-0.39, 0.29) is 18.7 Å². The first-order valence-electron chi connectivity index (χ1n) is 6.93. The van der Waals surface area contributed by atoms with Gasteiger partial charge in [0.2, 0.25) is 5.91 Å². The summed E-state index contributed by atoms with van der Waals surface area (Å²) >= 11 is 0. The molecule has 1 aliphatic rings. The summed E-state index contributed by atoms with van der Waals surface area (Å²) in [5.41, 5.74) is 1.05. The van der Waals surface area contributed by atoms with Crippen LogP contribution in [0, 0.1) is 11.8 Å². The highest BCUT2D eigenvalue weighted by Crippen LogP contribution is 2.26. The Morgan fingerprint density at radius 1 is 1.00 bits per heavy atom. The third-order valence-electron chi connectivity index (χ3n) is 3.64. The minimum absolute atomic E-state index is 0.200. The normalized spacial score (nSPS) is 20.4. The zero-order valence-corrected chi connectivity index (χ0v) is 11.8. The number of rotatable bonds is 5. The highest BCUT2D eigenvalue weighted by Gasteiger charge is 2.29. The van der Waals surface area contributed by atoms with Crippen LogP contribution >= 0.6 is 0 Å². The first kappa shape index (κ1) is 15.8. The number of carboxylic acids is 2. The third kappa shape index (κ3) is 3.94. The second kappa shape index (κ2) is 6.89. The van der Waals surface area contributed by atoms with Gasteiger partial charge in [0.15, 0.2) is 0 Å². The van der Waals surface area contributed by atoms with E-state index in [4.69, 9.17) is 0 Å². The lowest BCUT2D eigenvalue weighted by Crippen LogP contribution is -2.41. The molecule has 2 atom stereocenters. The highest BCUT2D eigenvalue weighted by molar-refractivity contribution is 5.95. The van der Waals surface area contributed by atoms with Gasteiger partial charge in [-0.25, -0.2) is 0 Å². The van der Waals surface area contributed by atoms with E-state index in [1.807, 2.05) is 0 Å². The Labute approximate surface area is 127 Å². The molecule has 0 unspecified atom stereocenters. The smallest absolute Gasteiger partial charge is 0.228 e. The fourth-order valence-corrected chi connectivity index (χ4v) is 2.47. The van der Waals surface area contributed by atoms with Crippen LogP contribution in [0.5, 0.6) is 0 Å². The maximum atomic E-state index is 12.2. The van der Waals surface area contributed by atoms with E-state index in [1.54, 1.807) is 36.4 Å². The lowest BCUT2D eigenvalue weighted by Gasteiger charge is -2.28. The van der Waals surface area contributed by atoms with Crippen LogP contribution in [-0.2, 0) is 20.8 Å². The molecule has 6 heteroatoms. The fourth-order valence-electron chi connectivity index (χ4n) is 2.47. The quantitative estimate of drug-likeness (QED) is 0.720. The lowest BCUT2D eigenvalue weighted by molar-refractivity contribution is -0.313. The van der Waals surface area contributed by atoms with E-state index in [2.05, 4.69) is 5.32 Å². The van der Waals surface area contributed by atoms with Gasteiger partial charge in [-0.1, -0.05) is 24.3 Å². The Balaban J connectivity index is 2.03. The van der Waals surface area contributed by atoms with Crippen molar-refractivity contribution in [2.24, 2.45) is 11.8 Å². The van der Waals surface area contributed by atoms with Crippen LogP contribution in [0.4, 0.5) is 5.69 Å². The van der Waals surface area contributed by atoms with Crippen LogP contribution in [0.2, 0.25) is 0 Å². The molecule has 1 N–H and O–H groups in total. The number of hydrogen-bond donors (Lipinski definition) is 1. The monoisotopic (exact) mass is 301 g/mol. The predicted octanol–water partition coefficient (Wildman–Crippen LogP) is -0.750. The van der Waals surface area contributed by atoms with Crippen molar-refractivity contribution in [1.82, 2.24) is 0 Å². The summed E-state index contributed by atoms with van der Waals surface area (Å²) in [5.74, 6) is -4.29. The van der Waals surface area contributed by atoms with Crippen molar-refractivity contribution in [3.8, 4) is 0 Å². The summed E-state index contributed by atoms with van der Waals surface area (Å²) in [5, 5.41) is 24.2. The molecule has 0 heterocycles.